The first-order valence-electron chi connectivity index (χ1n) is 6.89. The fourth-order valence-electron chi connectivity index (χ4n) is 2.85. The molecule has 2 aliphatic heterocycles. The second-order valence-electron chi connectivity index (χ2n) is 5.43. The Hall–Kier alpha value is -0.660. The lowest BCUT2D eigenvalue weighted by Gasteiger charge is -2.44. The van der Waals surface area contributed by atoms with Gasteiger partial charge in [-0.15, -0.1) is 24.8 Å². The van der Waals surface area contributed by atoms with Crippen molar-refractivity contribution in [3.63, 3.8) is 0 Å². The molecule has 1 aromatic rings. The highest BCUT2D eigenvalue weighted by Crippen LogP contribution is 2.27. The van der Waals surface area contributed by atoms with Gasteiger partial charge in [-0.1, -0.05) is 0 Å². The van der Waals surface area contributed by atoms with Gasteiger partial charge < -0.3 is 15.8 Å². The van der Waals surface area contributed by atoms with E-state index < -0.39 is 0 Å². The molecule has 8 heteroatoms. The number of nitrogens with one attached hydrogen (secondary N) is 1. The maximum atomic E-state index is 5.99. The second kappa shape index (κ2) is 8.10. The first kappa shape index (κ1) is 18.4. The smallest absolute Gasteiger partial charge is 0.219 e. The maximum Gasteiger partial charge on any atom is 0.219 e. The summed E-state index contributed by atoms with van der Waals surface area (Å²) >= 11 is 0. The Kier molecular flexibility index (Phi) is 7.09. The zero-order valence-corrected chi connectivity index (χ0v) is 13.6. The fourth-order valence-corrected chi connectivity index (χ4v) is 2.85. The molecule has 6 nitrogen and oxygen atoms in total. The number of likely N-dealkylation sites (tertiary alicyclic amines) is 1. The van der Waals surface area contributed by atoms with Crippen molar-refractivity contribution in [3.8, 4) is 0 Å². The molecular formula is C13H23Cl2N5O. The molecule has 0 bridgehead atoms. The van der Waals surface area contributed by atoms with Gasteiger partial charge in [-0.2, -0.15) is 0 Å². The number of morpholine rings is 1. The number of hydrogen-bond donors (Lipinski definition) is 2. The van der Waals surface area contributed by atoms with Crippen LogP contribution in [0.1, 0.15) is 18.4 Å². The van der Waals surface area contributed by atoms with Crippen LogP contribution in [-0.2, 0) is 11.3 Å². The van der Waals surface area contributed by atoms with Crippen molar-refractivity contribution in [2.45, 2.75) is 25.0 Å². The second-order valence-corrected chi connectivity index (χ2v) is 5.43. The summed E-state index contributed by atoms with van der Waals surface area (Å²) in [5.74, 6) is 0.336. The van der Waals surface area contributed by atoms with Gasteiger partial charge in [0.25, 0.3) is 0 Å². The van der Waals surface area contributed by atoms with Crippen LogP contribution in [0.3, 0.4) is 0 Å². The van der Waals surface area contributed by atoms with E-state index in [1.165, 1.54) is 0 Å². The Bertz CT molecular complexity index is 415. The molecule has 2 fully saturated rings. The summed E-state index contributed by atoms with van der Waals surface area (Å²) in [5, 5.41) is 3.44. The number of nitrogens with two attached hydrogens (primary N) is 1. The van der Waals surface area contributed by atoms with Crippen molar-refractivity contribution >= 4 is 30.8 Å². The third-order valence-electron chi connectivity index (χ3n) is 4.03. The average molecular weight is 336 g/mol. The van der Waals surface area contributed by atoms with Crippen LogP contribution in [0.2, 0.25) is 0 Å². The van der Waals surface area contributed by atoms with Crippen LogP contribution in [0.5, 0.6) is 0 Å². The van der Waals surface area contributed by atoms with Crippen LogP contribution in [0.15, 0.2) is 12.4 Å². The van der Waals surface area contributed by atoms with Gasteiger partial charge in [0.05, 0.1) is 12.2 Å². The number of nitrogen functional groups attached to an aromatic ring is 1. The standard InChI is InChI=1S/C13H21N5O.2ClH/c14-12-16-7-11(8-17-12)9-18-4-1-13(2-5-18)10-15-3-6-19-13;;/h7-8,15H,1-6,9-10H2,(H2,14,16,17);2*1H. The van der Waals surface area contributed by atoms with Crippen molar-refractivity contribution in [1.29, 1.82) is 0 Å². The predicted molar refractivity (Wildman–Crippen MR) is 87.0 cm³/mol. The molecule has 0 aromatic carbocycles. The quantitative estimate of drug-likeness (QED) is 0.834. The van der Waals surface area contributed by atoms with Crippen LogP contribution < -0.4 is 11.1 Å². The fraction of sp³-hybridized carbons (Fsp3) is 0.692. The summed E-state index contributed by atoms with van der Waals surface area (Å²) in [6.07, 6.45) is 5.81. The minimum Gasteiger partial charge on any atom is -0.372 e. The lowest BCUT2D eigenvalue weighted by Crippen LogP contribution is -2.55. The Balaban J connectivity index is 0.00000110. The topological polar surface area (TPSA) is 76.3 Å². The van der Waals surface area contributed by atoms with Gasteiger partial charge in [0, 0.05) is 50.7 Å². The van der Waals surface area contributed by atoms with E-state index in [4.69, 9.17) is 10.5 Å². The molecular weight excluding hydrogens is 313 g/mol. The summed E-state index contributed by atoms with van der Waals surface area (Å²) < 4.78 is 5.99. The van der Waals surface area contributed by atoms with E-state index in [1.807, 2.05) is 12.4 Å². The molecule has 0 radical (unpaired) electrons. The molecule has 21 heavy (non-hydrogen) atoms. The number of halogens is 2. The van der Waals surface area contributed by atoms with E-state index in [0.29, 0.717) is 5.95 Å². The number of nitrogens with zero attached hydrogens (tertiary/aromatic N) is 3. The highest BCUT2D eigenvalue weighted by Gasteiger charge is 2.36. The zero-order valence-electron chi connectivity index (χ0n) is 12.0. The third kappa shape index (κ3) is 4.66. The highest BCUT2D eigenvalue weighted by atomic mass is 35.5. The van der Waals surface area contributed by atoms with Gasteiger partial charge in [0.15, 0.2) is 0 Å². The number of hydrogen-bond acceptors (Lipinski definition) is 6. The molecule has 0 aliphatic carbocycles. The summed E-state index contributed by atoms with van der Waals surface area (Å²) in [5.41, 5.74) is 6.69. The summed E-state index contributed by atoms with van der Waals surface area (Å²) in [4.78, 5) is 10.5. The number of piperidine rings is 1. The average Bonchev–Trinajstić information content (AvgIpc) is 2.45. The van der Waals surface area contributed by atoms with Gasteiger partial charge in [-0.25, -0.2) is 9.97 Å². The number of aromatic nitrogens is 2. The first-order valence-corrected chi connectivity index (χ1v) is 6.89. The van der Waals surface area contributed by atoms with E-state index in [0.717, 1.165) is 57.7 Å². The molecule has 1 aromatic heterocycles. The van der Waals surface area contributed by atoms with Crippen LogP contribution in [0.4, 0.5) is 5.95 Å². The minimum atomic E-state index is 0. The largest absolute Gasteiger partial charge is 0.372 e. The summed E-state index contributed by atoms with van der Waals surface area (Å²) in [7, 11) is 0. The monoisotopic (exact) mass is 335 g/mol. The van der Waals surface area contributed by atoms with E-state index >= 15 is 0 Å². The van der Waals surface area contributed by atoms with Crippen molar-refractivity contribution in [3.05, 3.63) is 18.0 Å². The Morgan fingerprint density at radius 2 is 1.90 bits per heavy atom. The van der Waals surface area contributed by atoms with Crippen LogP contribution in [-0.4, -0.2) is 53.3 Å². The summed E-state index contributed by atoms with van der Waals surface area (Å²) in [6, 6.07) is 0. The Morgan fingerprint density at radius 3 is 2.48 bits per heavy atom. The van der Waals surface area contributed by atoms with Gasteiger partial charge in [-0.05, 0) is 12.8 Å². The minimum absolute atomic E-state index is 0. The predicted octanol–water partition coefficient (Wildman–Crippen LogP) is 0.857. The molecule has 3 heterocycles. The lowest BCUT2D eigenvalue weighted by molar-refractivity contribution is -0.100. The number of ether oxygens (including phenoxy) is 1. The van der Waals surface area contributed by atoms with E-state index in [2.05, 4.69) is 20.2 Å². The molecule has 1 spiro atoms. The van der Waals surface area contributed by atoms with Gasteiger partial charge >= 0.3 is 0 Å². The molecule has 2 saturated heterocycles. The normalized spacial score (nSPS) is 21.3. The molecule has 3 N–H and O–H groups in total. The van der Waals surface area contributed by atoms with E-state index in [-0.39, 0.29) is 30.4 Å². The van der Waals surface area contributed by atoms with Gasteiger partial charge in [0.2, 0.25) is 5.95 Å². The Morgan fingerprint density at radius 1 is 1.24 bits per heavy atom. The number of rotatable bonds is 2. The van der Waals surface area contributed by atoms with Gasteiger partial charge in [-0.3, -0.25) is 4.90 Å². The maximum absolute atomic E-state index is 5.99. The lowest BCUT2D eigenvalue weighted by atomic mass is 9.90. The Labute approximate surface area is 137 Å². The van der Waals surface area contributed by atoms with Crippen LogP contribution in [0, 0.1) is 0 Å². The zero-order chi connectivity index (χ0) is 13.1. The van der Waals surface area contributed by atoms with Crippen LogP contribution >= 0.6 is 24.8 Å². The molecule has 3 rings (SSSR count). The third-order valence-corrected chi connectivity index (χ3v) is 4.03. The molecule has 0 unspecified atom stereocenters. The first-order chi connectivity index (χ1) is 9.26. The molecule has 0 saturated carbocycles. The van der Waals surface area contributed by atoms with E-state index in [1.54, 1.807) is 0 Å². The van der Waals surface area contributed by atoms with Gasteiger partial charge in [0.1, 0.15) is 0 Å². The molecule has 2 aliphatic rings. The SMILES string of the molecule is Cl.Cl.Nc1ncc(CN2CCC3(CC2)CNCCO3)cn1. The van der Waals surface area contributed by atoms with E-state index in [9.17, 15) is 0 Å². The van der Waals surface area contributed by atoms with Crippen LogP contribution in [0.25, 0.3) is 0 Å². The number of anilines is 1. The van der Waals surface area contributed by atoms with Crippen molar-refractivity contribution in [2.24, 2.45) is 0 Å². The summed E-state index contributed by atoms with van der Waals surface area (Å²) in [6.45, 7) is 5.83. The molecule has 120 valence electrons. The van der Waals surface area contributed by atoms with Crippen molar-refractivity contribution in [2.75, 3.05) is 38.5 Å². The molecule has 0 atom stereocenters. The molecule has 0 amide bonds. The van der Waals surface area contributed by atoms with Crippen molar-refractivity contribution in [1.82, 2.24) is 20.2 Å². The van der Waals surface area contributed by atoms with Crippen molar-refractivity contribution < 1.29 is 4.74 Å². The highest BCUT2D eigenvalue weighted by molar-refractivity contribution is 5.85.